The molecule has 0 saturated heterocycles. The van der Waals surface area contributed by atoms with Crippen LogP contribution >= 0.6 is 0 Å². The van der Waals surface area contributed by atoms with Crippen molar-refractivity contribution in [3.05, 3.63) is 29.1 Å². The summed E-state index contributed by atoms with van der Waals surface area (Å²) in [7, 11) is 0. The Balaban J connectivity index is 2.84. The molecule has 11 heavy (non-hydrogen) atoms. The third kappa shape index (κ3) is 0.958. The second kappa shape index (κ2) is 2.12. The molecule has 2 rings (SSSR count). The zero-order valence-electron chi connectivity index (χ0n) is 5.48. The van der Waals surface area contributed by atoms with Crippen LogP contribution in [-0.4, -0.2) is 19.9 Å². The van der Waals surface area contributed by atoms with Crippen molar-refractivity contribution in [2.45, 2.75) is 0 Å². The number of nitrogens with one attached hydrogen (secondary N) is 1. The molecule has 0 atom stereocenters. The Morgan fingerprint density at radius 2 is 2.27 bits per heavy atom. The standard InChI is InChI=1S/C6H4N4O/c11-5-2-8-4-1-7-3-9-6(4)10-5/h1-3H,(H,7,9,10,11). The normalized spacial score (nSPS) is 10.2. The van der Waals surface area contributed by atoms with Crippen LogP contribution in [-0.2, 0) is 0 Å². The summed E-state index contributed by atoms with van der Waals surface area (Å²) in [6.07, 6.45) is 4.16. The monoisotopic (exact) mass is 148 g/mol. The smallest absolute Gasteiger partial charge is 0.290 e. The first kappa shape index (κ1) is 5.96. The molecule has 0 bridgehead atoms. The molecule has 0 aliphatic carbocycles. The summed E-state index contributed by atoms with van der Waals surface area (Å²) in [5.41, 5.74) is 0.243. The molecule has 5 nitrogen and oxygen atoms in total. The van der Waals surface area contributed by atoms with E-state index in [1.165, 1.54) is 12.5 Å². The van der Waals surface area contributed by atoms with E-state index >= 15 is 0 Å². The highest BCUT2D eigenvalue weighted by atomic mass is 16.1. The van der Waals surface area contributed by atoms with Crippen molar-refractivity contribution in [2.24, 2.45) is 0 Å². The van der Waals surface area contributed by atoms with Crippen molar-refractivity contribution >= 4 is 0 Å². The molecular formula is C6H4N4O. The third-order valence-corrected chi connectivity index (χ3v) is 1.25. The molecule has 2 heterocycles. The molecule has 2 aliphatic rings. The van der Waals surface area contributed by atoms with E-state index in [1.54, 1.807) is 0 Å². The molecule has 5 heteroatoms. The largest absolute Gasteiger partial charge is 0.329 e. The summed E-state index contributed by atoms with van der Waals surface area (Å²) >= 11 is 0. The molecule has 0 fully saturated rings. The van der Waals surface area contributed by atoms with Gasteiger partial charge in [0.25, 0.3) is 5.56 Å². The first-order chi connectivity index (χ1) is 5.36. The van der Waals surface area contributed by atoms with Crippen molar-refractivity contribution in [1.29, 1.82) is 0 Å². The molecule has 0 amide bonds. The minimum absolute atomic E-state index is 0.347. The van der Waals surface area contributed by atoms with Gasteiger partial charge in [0.2, 0.25) is 0 Å². The number of hydrogen-bond donors (Lipinski definition) is 1. The topological polar surface area (TPSA) is 71.5 Å². The van der Waals surface area contributed by atoms with Gasteiger partial charge < -0.3 is 4.98 Å². The van der Waals surface area contributed by atoms with Crippen LogP contribution in [0.5, 0.6) is 0 Å². The van der Waals surface area contributed by atoms with Crippen molar-refractivity contribution in [1.82, 2.24) is 19.9 Å². The zero-order valence-corrected chi connectivity index (χ0v) is 5.48. The quantitative estimate of drug-likeness (QED) is 0.555. The lowest BCUT2D eigenvalue weighted by Gasteiger charge is -1.97. The second-order valence-corrected chi connectivity index (χ2v) is 1.99. The maximum Gasteiger partial charge on any atom is 0.290 e. The van der Waals surface area contributed by atoms with Crippen molar-refractivity contribution in [3.63, 3.8) is 0 Å². The first-order valence-corrected chi connectivity index (χ1v) is 3.02. The van der Waals surface area contributed by atoms with Crippen molar-refractivity contribution in [2.75, 3.05) is 0 Å². The Morgan fingerprint density at radius 1 is 1.36 bits per heavy atom. The van der Waals surface area contributed by atoms with Crippen LogP contribution in [0.15, 0.2) is 23.5 Å². The summed E-state index contributed by atoms with van der Waals surface area (Å²) in [6, 6.07) is 0. The van der Waals surface area contributed by atoms with Crippen LogP contribution in [0.2, 0.25) is 0 Å². The highest BCUT2D eigenvalue weighted by Gasteiger charge is 2.02. The van der Waals surface area contributed by atoms with E-state index in [4.69, 9.17) is 0 Å². The highest BCUT2D eigenvalue weighted by Crippen LogP contribution is 2.05. The molecular weight excluding hydrogens is 144 g/mol. The van der Waals surface area contributed by atoms with Crippen LogP contribution in [0.1, 0.15) is 0 Å². The molecule has 0 saturated carbocycles. The average molecular weight is 148 g/mol. The van der Waals surface area contributed by atoms with Gasteiger partial charge in [0, 0.05) is 0 Å². The van der Waals surface area contributed by atoms with Gasteiger partial charge >= 0.3 is 0 Å². The number of rotatable bonds is 0. The van der Waals surface area contributed by atoms with Gasteiger partial charge in [-0.15, -0.1) is 0 Å². The van der Waals surface area contributed by atoms with Crippen LogP contribution < -0.4 is 5.56 Å². The molecule has 1 N–H and O–H groups in total. The third-order valence-electron chi connectivity index (χ3n) is 1.25. The van der Waals surface area contributed by atoms with E-state index in [2.05, 4.69) is 19.9 Å². The fourth-order valence-corrected chi connectivity index (χ4v) is 0.789. The molecule has 0 aromatic rings. The van der Waals surface area contributed by atoms with E-state index in [9.17, 15) is 4.79 Å². The predicted molar refractivity (Wildman–Crippen MR) is 37.1 cm³/mol. The van der Waals surface area contributed by atoms with Crippen LogP contribution in [0, 0.1) is 0 Å². The average Bonchev–Trinajstić information content (AvgIpc) is 2.04. The number of fused-ring (bicyclic) bond motifs is 1. The van der Waals surface area contributed by atoms with Gasteiger partial charge in [-0.1, -0.05) is 0 Å². The Morgan fingerprint density at radius 3 is 3.18 bits per heavy atom. The zero-order chi connectivity index (χ0) is 7.68. The number of aromatic amines is 1. The van der Waals surface area contributed by atoms with Gasteiger partial charge in [-0.25, -0.2) is 9.97 Å². The van der Waals surface area contributed by atoms with Crippen LogP contribution in [0.3, 0.4) is 0 Å². The number of nitrogens with zero attached hydrogens (tertiary/aromatic N) is 3. The number of H-pyrrole nitrogens is 1. The summed E-state index contributed by atoms with van der Waals surface area (Å²) in [6.45, 7) is 0. The number of hydrogen-bond acceptors (Lipinski definition) is 4. The van der Waals surface area contributed by atoms with Gasteiger partial charge in [0.15, 0.2) is 5.82 Å². The van der Waals surface area contributed by atoms with Gasteiger partial charge in [-0.2, -0.15) is 4.98 Å². The maximum absolute atomic E-state index is 10.7. The first-order valence-electron chi connectivity index (χ1n) is 3.02. The van der Waals surface area contributed by atoms with Crippen molar-refractivity contribution in [3.8, 4) is 11.5 Å². The van der Waals surface area contributed by atoms with Gasteiger partial charge in [0.05, 0.1) is 18.7 Å². The van der Waals surface area contributed by atoms with Crippen LogP contribution in [0.25, 0.3) is 11.5 Å². The Labute approximate surface area is 61.5 Å². The molecule has 0 unspecified atom stereocenters. The molecule has 0 spiro atoms. The molecule has 0 aromatic carbocycles. The fraction of sp³-hybridized carbons (Fsp3) is 0. The van der Waals surface area contributed by atoms with Crippen molar-refractivity contribution < 1.29 is 0 Å². The Kier molecular flexibility index (Phi) is 1.15. The van der Waals surface area contributed by atoms with Crippen LogP contribution in [0.4, 0.5) is 0 Å². The van der Waals surface area contributed by atoms with E-state index in [0.29, 0.717) is 11.5 Å². The van der Waals surface area contributed by atoms with Gasteiger partial charge in [-0.3, -0.25) is 4.79 Å². The molecule has 0 aromatic heterocycles. The summed E-state index contributed by atoms with van der Waals surface area (Å²) in [5.74, 6) is 0.465. The lowest BCUT2D eigenvalue weighted by atomic mass is 10.4. The maximum atomic E-state index is 10.7. The molecule has 0 radical (unpaired) electrons. The fourth-order valence-electron chi connectivity index (χ4n) is 0.789. The predicted octanol–water partition coefficient (Wildman–Crippen LogP) is -0.335. The van der Waals surface area contributed by atoms with E-state index < -0.39 is 0 Å². The molecule has 2 aliphatic heterocycles. The lowest BCUT2D eigenvalue weighted by molar-refractivity contribution is 1.03. The van der Waals surface area contributed by atoms with E-state index in [-0.39, 0.29) is 5.56 Å². The minimum Gasteiger partial charge on any atom is -0.329 e. The highest BCUT2D eigenvalue weighted by molar-refractivity contribution is 5.46. The van der Waals surface area contributed by atoms with Gasteiger partial charge in [0.1, 0.15) is 5.69 Å². The number of aromatic nitrogens is 4. The van der Waals surface area contributed by atoms with E-state index in [1.807, 2.05) is 0 Å². The Hall–Kier alpha value is -1.78. The van der Waals surface area contributed by atoms with E-state index in [0.717, 1.165) is 6.20 Å². The van der Waals surface area contributed by atoms with Gasteiger partial charge in [-0.05, 0) is 0 Å². The lowest BCUT2D eigenvalue weighted by Crippen LogP contribution is -2.09. The SMILES string of the molecule is O=c1cnc2cnc[nH]c-2n1. The minimum atomic E-state index is -0.347. The summed E-state index contributed by atoms with van der Waals surface area (Å²) < 4.78 is 0. The second-order valence-electron chi connectivity index (χ2n) is 1.99. The summed E-state index contributed by atoms with van der Waals surface area (Å²) in [5, 5.41) is 0. The summed E-state index contributed by atoms with van der Waals surface area (Å²) in [4.78, 5) is 24.6. The Bertz CT molecular complexity index is 396. The molecule has 54 valence electrons.